The van der Waals surface area contributed by atoms with Crippen LogP contribution in [0.3, 0.4) is 0 Å². The van der Waals surface area contributed by atoms with E-state index >= 15 is 0 Å². The molecule has 0 fully saturated rings. The minimum atomic E-state index is -5.84. The second-order valence-electron chi connectivity index (χ2n) is 1.83. The van der Waals surface area contributed by atoms with E-state index in [0.717, 1.165) is 6.42 Å². The Hall–Kier alpha value is -0.810. The van der Waals surface area contributed by atoms with E-state index in [9.17, 15) is 13.2 Å². The van der Waals surface area contributed by atoms with Crippen LogP contribution in [-0.4, -0.2) is 18.5 Å². The first-order valence-corrected chi connectivity index (χ1v) is 4.51. The topological polar surface area (TPSA) is 78.2 Å². The summed E-state index contributed by atoms with van der Waals surface area (Å²) in [6.07, 6.45) is 1.68. The minimum Gasteiger partial charge on any atom is -0.279 e. The van der Waals surface area contributed by atoms with E-state index in [-0.39, 0.29) is 0 Å². The summed E-state index contributed by atoms with van der Waals surface area (Å²) in [4.78, 5) is 0. The molecule has 1 N–H and O–H groups in total. The standard InChI is InChI=1S/C4H7N.CHF3O3S/c1-2-3-4-5;2-1(3,4)8(5,6)7/h2-3H2,1H3;(H,5,6,7). The van der Waals surface area contributed by atoms with Crippen molar-refractivity contribution in [2.24, 2.45) is 0 Å². The third-order valence-corrected chi connectivity index (χ3v) is 1.24. The summed E-state index contributed by atoms with van der Waals surface area (Å²) in [5, 5.41) is 7.82. The number of alkyl halides is 3. The van der Waals surface area contributed by atoms with Crippen LogP contribution in [-0.2, 0) is 10.1 Å². The number of hydrogen-bond acceptors (Lipinski definition) is 3. The van der Waals surface area contributed by atoms with Crippen molar-refractivity contribution in [1.29, 1.82) is 5.26 Å². The number of halogens is 3. The summed E-state index contributed by atoms with van der Waals surface area (Å²) in [7, 11) is -5.84. The Labute approximate surface area is 73.7 Å². The fourth-order valence-corrected chi connectivity index (χ4v) is 0.112. The fourth-order valence-electron chi connectivity index (χ4n) is 0.112. The molecule has 78 valence electrons. The van der Waals surface area contributed by atoms with Crippen molar-refractivity contribution in [3.05, 3.63) is 0 Å². The molecule has 0 radical (unpaired) electrons. The average molecular weight is 219 g/mol. The van der Waals surface area contributed by atoms with Gasteiger partial charge in [-0.15, -0.1) is 0 Å². The Balaban J connectivity index is 0. The van der Waals surface area contributed by atoms with Gasteiger partial charge in [-0.2, -0.15) is 26.9 Å². The van der Waals surface area contributed by atoms with Crippen molar-refractivity contribution in [2.75, 3.05) is 0 Å². The molecule has 4 nitrogen and oxygen atoms in total. The van der Waals surface area contributed by atoms with E-state index in [2.05, 4.69) is 0 Å². The maximum atomic E-state index is 10.7. The average Bonchev–Trinajstić information content (AvgIpc) is 1.85. The summed E-state index contributed by atoms with van der Waals surface area (Å²) in [6.45, 7) is 1.99. The summed E-state index contributed by atoms with van der Waals surface area (Å²) >= 11 is 0. The van der Waals surface area contributed by atoms with Crippen molar-refractivity contribution >= 4 is 10.1 Å². The van der Waals surface area contributed by atoms with Crippen LogP contribution in [0.25, 0.3) is 0 Å². The molecule has 0 saturated carbocycles. The Morgan fingerprint density at radius 2 is 1.77 bits per heavy atom. The van der Waals surface area contributed by atoms with Crippen LogP contribution in [0.1, 0.15) is 19.8 Å². The number of hydrogen-bond donors (Lipinski definition) is 1. The zero-order valence-electron chi connectivity index (χ0n) is 6.67. The second kappa shape index (κ2) is 5.77. The van der Waals surface area contributed by atoms with Gasteiger partial charge in [0.05, 0.1) is 6.07 Å². The smallest absolute Gasteiger partial charge is 0.279 e. The second-order valence-corrected chi connectivity index (χ2v) is 3.24. The van der Waals surface area contributed by atoms with Crippen LogP contribution in [0.2, 0.25) is 0 Å². The van der Waals surface area contributed by atoms with Crippen LogP contribution in [0.5, 0.6) is 0 Å². The largest absolute Gasteiger partial charge is 0.522 e. The first-order valence-electron chi connectivity index (χ1n) is 3.07. The number of nitriles is 1. The first-order chi connectivity index (χ1) is 5.66. The highest BCUT2D eigenvalue weighted by Crippen LogP contribution is 2.20. The molecule has 0 aromatic heterocycles. The minimum absolute atomic E-state index is 0.694. The molecule has 0 heterocycles. The summed E-state index contributed by atoms with van der Waals surface area (Å²) in [5.74, 6) is 0. The molecule has 0 aliphatic heterocycles. The Morgan fingerprint density at radius 1 is 1.46 bits per heavy atom. The van der Waals surface area contributed by atoms with E-state index in [1.165, 1.54) is 0 Å². The van der Waals surface area contributed by atoms with Gasteiger partial charge >= 0.3 is 15.6 Å². The molecular formula is C5H8F3NO3S. The highest BCUT2D eigenvalue weighted by atomic mass is 32.2. The summed E-state index contributed by atoms with van der Waals surface area (Å²) in [5.41, 5.74) is -5.53. The van der Waals surface area contributed by atoms with E-state index < -0.39 is 15.6 Å². The number of unbranched alkanes of at least 4 members (excludes halogenated alkanes) is 1. The number of rotatable bonds is 1. The van der Waals surface area contributed by atoms with Crippen molar-refractivity contribution in [3.63, 3.8) is 0 Å². The Kier molecular flexibility index (Phi) is 6.53. The quantitative estimate of drug-likeness (QED) is 0.537. The lowest BCUT2D eigenvalue weighted by Gasteiger charge is -1.97. The highest BCUT2D eigenvalue weighted by Gasteiger charge is 2.44. The van der Waals surface area contributed by atoms with Gasteiger partial charge in [-0.25, -0.2) is 0 Å². The zero-order chi connectivity index (χ0) is 11.1. The molecule has 13 heavy (non-hydrogen) atoms. The van der Waals surface area contributed by atoms with Crippen LogP contribution in [0, 0.1) is 11.3 Å². The molecule has 0 unspecified atom stereocenters. The number of nitrogens with zero attached hydrogens (tertiary/aromatic N) is 1. The summed E-state index contributed by atoms with van der Waals surface area (Å²) in [6, 6.07) is 2.02. The predicted octanol–water partition coefficient (Wildman–Crippen LogP) is 1.70. The molecule has 0 amide bonds. The lowest BCUT2D eigenvalue weighted by atomic mass is 10.4. The van der Waals surface area contributed by atoms with Crippen molar-refractivity contribution in [2.45, 2.75) is 25.3 Å². The Bertz CT molecular complexity index is 264. The lowest BCUT2D eigenvalue weighted by Crippen LogP contribution is -2.21. The molecule has 0 saturated heterocycles. The zero-order valence-corrected chi connectivity index (χ0v) is 7.48. The van der Waals surface area contributed by atoms with Gasteiger partial charge in [0.25, 0.3) is 0 Å². The third-order valence-electron chi connectivity index (χ3n) is 0.654. The van der Waals surface area contributed by atoms with Crippen LogP contribution in [0.15, 0.2) is 0 Å². The van der Waals surface area contributed by atoms with Crippen molar-refractivity contribution < 1.29 is 26.1 Å². The molecule has 0 spiro atoms. The van der Waals surface area contributed by atoms with Gasteiger partial charge in [-0.3, -0.25) is 4.55 Å². The van der Waals surface area contributed by atoms with E-state index in [1.54, 1.807) is 0 Å². The van der Waals surface area contributed by atoms with E-state index in [0.29, 0.717) is 6.42 Å². The molecule has 0 aliphatic carbocycles. The third kappa shape index (κ3) is 9.10. The lowest BCUT2D eigenvalue weighted by molar-refractivity contribution is -0.0510. The van der Waals surface area contributed by atoms with Crippen molar-refractivity contribution in [1.82, 2.24) is 0 Å². The van der Waals surface area contributed by atoms with Gasteiger partial charge in [-0.1, -0.05) is 6.92 Å². The molecular weight excluding hydrogens is 211 g/mol. The van der Waals surface area contributed by atoms with Crippen LogP contribution in [0.4, 0.5) is 13.2 Å². The Morgan fingerprint density at radius 3 is 1.77 bits per heavy atom. The SMILES string of the molecule is CCCC#N.O=S(=O)(O)C(F)(F)F. The maximum absolute atomic E-state index is 10.7. The van der Waals surface area contributed by atoms with E-state index in [4.69, 9.17) is 18.2 Å². The summed E-state index contributed by atoms with van der Waals surface area (Å²) < 4.78 is 57.5. The van der Waals surface area contributed by atoms with Gasteiger partial charge < -0.3 is 0 Å². The fraction of sp³-hybridized carbons (Fsp3) is 0.800. The van der Waals surface area contributed by atoms with Crippen molar-refractivity contribution in [3.8, 4) is 6.07 Å². The predicted molar refractivity (Wildman–Crippen MR) is 38.1 cm³/mol. The monoisotopic (exact) mass is 219 g/mol. The van der Waals surface area contributed by atoms with Crippen LogP contribution < -0.4 is 0 Å². The maximum Gasteiger partial charge on any atom is 0.522 e. The molecule has 8 heteroatoms. The van der Waals surface area contributed by atoms with E-state index in [1.807, 2.05) is 13.0 Å². The van der Waals surface area contributed by atoms with Gasteiger partial charge in [0.1, 0.15) is 0 Å². The normalized spacial score (nSPS) is 11.1. The first kappa shape index (κ1) is 14.7. The molecule has 0 atom stereocenters. The van der Waals surface area contributed by atoms with Gasteiger partial charge in [0.2, 0.25) is 0 Å². The highest BCUT2D eigenvalue weighted by molar-refractivity contribution is 7.86. The molecule has 0 aliphatic rings. The van der Waals surface area contributed by atoms with Gasteiger partial charge in [0.15, 0.2) is 0 Å². The van der Waals surface area contributed by atoms with Gasteiger partial charge in [0, 0.05) is 6.42 Å². The molecule has 0 aromatic carbocycles. The molecule has 0 rings (SSSR count). The molecule has 0 aromatic rings. The van der Waals surface area contributed by atoms with Gasteiger partial charge in [-0.05, 0) is 6.42 Å². The molecule has 0 bridgehead atoms. The van der Waals surface area contributed by atoms with Crippen LogP contribution >= 0.6 is 0 Å².